The number of aryl methyl sites for hydroxylation is 1. The first-order valence-corrected chi connectivity index (χ1v) is 8.17. The number of pyridine rings is 1. The molecule has 3 rings (SSSR count). The molecule has 0 atom stereocenters. The van der Waals surface area contributed by atoms with E-state index in [4.69, 9.17) is 4.74 Å². The van der Waals surface area contributed by atoms with Gasteiger partial charge in [0.05, 0.1) is 25.3 Å². The number of anilines is 1. The quantitative estimate of drug-likeness (QED) is 0.939. The van der Waals surface area contributed by atoms with Crippen LogP contribution in [0.5, 0.6) is 0 Å². The van der Waals surface area contributed by atoms with Crippen molar-refractivity contribution in [2.24, 2.45) is 0 Å². The molecular formula is C16H19N3O2S. The van der Waals surface area contributed by atoms with Crippen LogP contribution in [0.2, 0.25) is 0 Å². The van der Waals surface area contributed by atoms with Gasteiger partial charge < -0.3 is 15.0 Å². The Morgan fingerprint density at radius 3 is 2.91 bits per heavy atom. The third kappa shape index (κ3) is 3.45. The molecule has 1 fully saturated rings. The lowest BCUT2D eigenvalue weighted by atomic mass is 10.2. The van der Waals surface area contributed by atoms with Gasteiger partial charge in [-0.05, 0) is 31.2 Å². The lowest BCUT2D eigenvalue weighted by Crippen LogP contribution is -2.38. The van der Waals surface area contributed by atoms with Crippen LogP contribution >= 0.6 is 11.3 Å². The molecule has 1 aliphatic rings. The number of nitrogens with zero attached hydrogens (tertiary/aromatic N) is 2. The number of aromatic nitrogens is 1. The number of nitrogens with one attached hydrogen (secondary N) is 1. The lowest BCUT2D eigenvalue weighted by molar-refractivity contribution is 0.0949. The molecule has 1 N–H and O–H groups in total. The maximum absolute atomic E-state index is 12.5. The second-order valence-electron chi connectivity index (χ2n) is 5.17. The number of carbonyl (C=O) groups excluding carboxylic acids is 1. The summed E-state index contributed by atoms with van der Waals surface area (Å²) in [5.41, 5.74) is 0.623. The topological polar surface area (TPSA) is 54.5 Å². The third-order valence-corrected chi connectivity index (χ3v) is 4.56. The lowest BCUT2D eigenvalue weighted by Gasteiger charge is -2.29. The highest BCUT2D eigenvalue weighted by Crippen LogP contribution is 2.19. The molecule has 1 saturated heterocycles. The van der Waals surface area contributed by atoms with Crippen LogP contribution in [-0.4, -0.2) is 37.2 Å². The Labute approximate surface area is 133 Å². The van der Waals surface area contributed by atoms with Gasteiger partial charge >= 0.3 is 0 Å². The van der Waals surface area contributed by atoms with Crippen molar-refractivity contribution < 1.29 is 9.53 Å². The van der Waals surface area contributed by atoms with Gasteiger partial charge in [-0.15, -0.1) is 11.3 Å². The Hall–Kier alpha value is -1.92. The van der Waals surface area contributed by atoms with E-state index in [0.29, 0.717) is 25.3 Å². The maximum Gasteiger partial charge on any atom is 0.255 e. The summed E-state index contributed by atoms with van der Waals surface area (Å²) in [6.07, 6.45) is 1.73. The second kappa shape index (κ2) is 6.89. The van der Waals surface area contributed by atoms with Gasteiger partial charge in [-0.25, -0.2) is 4.98 Å². The first-order valence-electron chi connectivity index (χ1n) is 7.35. The zero-order valence-corrected chi connectivity index (χ0v) is 13.4. The molecule has 1 amide bonds. The van der Waals surface area contributed by atoms with E-state index in [1.54, 1.807) is 23.6 Å². The maximum atomic E-state index is 12.5. The summed E-state index contributed by atoms with van der Waals surface area (Å²) in [4.78, 5) is 21.4. The van der Waals surface area contributed by atoms with Crippen LogP contribution in [0.3, 0.4) is 0 Å². The normalized spacial score (nSPS) is 14.9. The highest BCUT2D eigenvalue weighted by atomic mass is 32.1. The van der Waals surface area contributed by atoms with Crippen molar-refractivity contribution in [3.8, 4) is 0 Å². The molecule has 0 bridgehead atoms. The van der Waals surface area contributed by atoms with Gasteiger partial charge in [0.2, 0.25) is 0 Å². The monoisotopic (exact) mass is 317 g/mol. The van der Waals surface area contributed by atoms with E-state index < -0.39 is 0 Å². The summed E-state index contributed by atoms with van der Waals surface area (Å²) in [5, 5.41) is 2.98. The van der Waals surface area contributed by atoms with E-state index in [-0.39, 0.29) is 5.91 Å². The highest BCUT2D eigenvalue weighted by Gasteiger charge is 2.19. The summed E-state index contributed by atoms with van der Waals surface area (Å²) in [5.74, 6) is 0.659. The number of ether oxygens (including phenoxy) is 1. The predicted molar refractivity (Wildman–Crippen MR) is 87.5 cm³/mol. The number of hydrogen-bond donors (Lipinski definition) is 1. The molecule has 0 aliphatic carbocycles. The van der Waals surface area contributed by atoms with Crippen molar-refractivity contribution in [2.45, 2.75) is 13.5 Å². The molecule has 22 heavy (non-hydrogen) atoms. The summed E-state index contributed by atoms with van der Waals surface area (Å²) >= 11 is 1.70. The molecule has 3 heterocycles. The molecule has 1 aliphatic heterocycles. The van der Waals surface area contributed by atoms with E-state index in [9.17, 15) is 4.79 Å². The van der Waals surface area contributed by atoms with Crippen LogP contribution in [-0.2, 0) is 11.3 Å². The molecule has 116 valence electrons. The zero-order chi connectivity index (χ0) is 15.4. The Kier molecular flexibility index (Phi) is 4.70. The third-order valence-electron chi connectivity index (χ3n) is 3.56. The minimum atomic E-state index is -0.0827. The average molecular weight is 317 g/mol. The van der Waals surface area contributed by atoms with Crippen molar-refractivity contribution in [1.29, 1.82) is 0 Å². The van der Waals surface area contributed by atoms with Gasteiger partial charge in [0, 0.05) is 29.0 Å². The van der Waals surface area contributed by atoms with Crippen LogP contribution in [0.15, 0.2) is 30.5 Å². The Morgan fingerprint density at radius 1 is 1.36 bits per heavy atom. The minimum Gasteiger partial charge on any atom is -0.378 e. The minimum absolute atomic E-state index is 0.0827. The largest absolute Gasteiger partial charge is 0.378 e. The van der Waals surface area contributed by atoms with E-state index in [1.165, 1.54) is 4.88 Å². The van der Waals surface area contributed by atoms with Crippen LogP contribution in [0.4, 0.5) is 5.82 Å². The highest BCUT2D eigenvalue weighted by molar-refractivity contribution is 7.11. The average Bonchev–Trinajstić information content (AvgIpc) is 2.99. The van der Waals surface area contributed by atoms with Crippen molar-refractivity contribution in [3.63, 3.8) is 0 Å². The number of carbonyl (C=O) groups is 1. The number of amides is 1. The molecular weight excluding hydrogens is 298 g/mol. The SMILES string of the molecule is Cc1ccc(CNC(=O)c2cccnc2N2CCOCC2)s1. The zero-order valence-electron chi connectivity index (χ0n) is 12.5. The molecule has 0 unspecified atom stereocenters. The summed E-state index contributed by atoms with van der Waals surface area (Å²) in [7, 11) is 0. The van der Waals surface area contributed by atoms with Crippen LogP contribution in [0.25, 0.3) is 0 Å². The van der Waals surface area contributed by atoms with Gasteiger partial charge in [0.25, 0.3) is 5.91 Å². The van der Waals surface area contributed by atoms with Crippen molar-refractivity contribution in [3.05, 3.63) is 45.8 Å². The summed E-state index contributed by atoms with van der Waals surface area (Å²) in [6.45, 7) is 5.49. The molecule has 2 aromatic heterocycles. The van der Waals surface area contributed by atoms with E-state index in [0.717, 1.165) is 23.8 Å². The first kappa shape index (κ1) is 15.0. The molecule has 6 heteroatoms. The second-order valence-corrected chi connectivity index (χ2v) is 6.54. The molecule has 0 spiro atoms. The van der Waals surface area contributed by atoms with Crippen LogP contribution in [0, 0.1) is 6.92 Å². The van der Waals surface area contributed by atoms with Gasteiger partial charge in [0.1, 0.15) is 5.82 Å². The van der Waals surface area contributed by atoms with Gasteiger partial charge in [-0.3, -0.25) is 4.79 Å². The fraction of sp³-hybridized carbons (Fsp3) is 0.375. The van der Waals surface area contributed by atoms with Crippen molar-refractivity contribution in [2.75, 3.05) is 31.2 Å². The molecule has 0 saturated carbocycles. The standard InChI is InChI=1S/C16H19N3O2S/c1-12-4-5-13(22-12)11-18-16(20)14-3-2-6-17-15(14)19-7-9-21-10-8-19/h2-6H,7-11H2,1H3,(H,18,20). The van der Waals surface area contributed by atoms with E-state index >= 15 is 0 Å². The van der Waals surface area contributed by atoms with Crippen LogP contribution in [0.1, 0.15) is 20.1 Å². The molecule has 0 aromatic carbocycles. The first-order chi connectivity index (χ1) is 10.7. The van der Waals surface area contributed by atoms with Gasteiger partial charge in [-0.1, -0.05) is 0 Å². The van der Waals surface area contributed by atoms with Crippen molar-refractivity contribution >= 4 is 23.1 Å². The number of morpholine rings is 1. The fourth-order valence-electron chi connectivity index (χ4n) is 2.44. The number of thiophene rings is 1. The van der Waals surface area contributed by atoms with Crippen LogP contribution < -0.4 is 10.2 Å². The number of hydrogen-bond acceptors (Lipinski definition) is 5. The summed E-state index contributed by atoms with van der Waals surface area (Å²) < 4.78 is 5.36. The summed E-state index contributed by atoms with van der Waals surface area (Å²) in [6, 6.07) is 7.74. The Morgan fingerprint density at radius 2 is 2.18 bits per heavy atom. The fourth-order valence-corrected chi connectivity index (χ4v) is 3.27. The van der Waals surface area contributed by atoms with Gasteiger partial charge in [-0.2, -0.15) is 0 Å². The molecule has 5 nitrogen and oxygen atoms in total. The number of rotatable bonds is 4. The smallest absolute Gasteiger partial charge is 0.255 e. The predicted octanol–water partition coefficient (Wildman–Crippen LogP) is 2.22. The molecule has 2 aromatic rings. The Bertz CT molecular complexity index is 650. The Balaban J connectivity index is 1.71. The van der Waals surface area contributed by atoms with E-state index in [2.05, 4.69) is 28.2 Å². The van der Waals surface area contributed by atoms with Crippen molar-refractivity contribution in [1.82, 2.24) is 10.3 Å². The van der Waals surface area contributed by atoms with E-state index in [1.807, 2.05) is 12.1 Å². The van der Waals surface area contributed by atoms with Gasteiger partial charge in [0.15, 0.2) is 0 Å². The molecule has 0 radical (unpaired) electrons.